The highest BCUT2D eigenvalue weighted by atomic mass is 16.4. The smallest absolute Gasteiger partial charge is 0.321 e. The summed E-state index contributed by atoms with van der Waals surface area (Å²) in [5.41, 5.74) is 5.17. The van der Waals surface area contributed by atoms with Gasteiger partial charge in [-0.1, -0.05) is 12.1 Å². The Labute approximate surface area is 102 Å². The van der Waals surface area contributed by atoms with Crippen LogP contribution in [0.3, 0.4) is 0 Å². The van der Waals surface area contributed by atoms with Gasteiger partial charge in [-0.15, -0.1) is 0 Å². The fourth-order valence-corrected chi connectivity index (χ4v) is 0.863. The van der Waals surface area contributed by atoms with E-state index in [4.69, 9.17) is 21.1 Å². The molecule has 0 amide bonds. The van der Waals surface area contributed by atoms with Crippen molar-refractivity contribution < 1.29 is 29.7 Å². The quantitative estimate of drug-likeness (QED) is 0.559. The summed E-state index contributed by atoms with van der Waals surface area (Å²) in [7, 11) is 0. The maximum atomic E-state index is 10.1. The molecule has 0 aliphatic rings. The van der Waals surface area contributed by atoms with Crippen molar-refractivity contribution in [1.29, 1.82) is 0 Å². The van der Waals surface area contributed by atoms with Crippen LogP contribution in [-0.2, 0) is 9.59 Å². The van der Waals surface area contributed by atoms with Crippen molar-refractivity contribution in [2.75, 3.05) is 0 Å². The number of para-hydroxylation sites is 1. The Morgan fingerprint density at radius 2 is 1.83 bits per heavy atom. The Balaban J connectivity index is 0.000000321. The van der Waals surface area contributed by atoms with Crippen LogP contribution in [0.15, 0.2) is 24.3 Å². The van der Waals surface area contributed by atoms with E-state index < -0.39 is 24.4 Å². The number of phenols is 1. The number of hydrogen-bond donors (Lipinski definition) is 4. The zero-order valence-corrected chi connectivity index (χ0v) is 9.31. The number of hydrogen-bond acceptors (Lipinski definition) is 5. The molecule has 98 valence electrons. The van der Waals surface area contributed by atoms with Gasteiger partial charge in [-0.05, 0) is 12.1 Å². The number of phenolic OH excluding ortho intramolecular Hbond substituents is 1. The number of aliphatic carboxylic acids is 2. The molecule has 0 heterocycles. The maximum absolute atomic E-state index is 10.1. The van der Waals surface area contributed by atoms with E-state index in [2.05, 4.69) is 0 Å². The predicted molar refractivity (Wildman–Crippen MR) is 61.4 cm³/mol. The van der Waals surface area contributed by atoms with E-state index in [-0.39, 0.29) is 5.75 Å². The minimum Gasteiger partial charge on any atom is -0.507 e. The summed E-state index contributed by atoms with van der Waals surface area (Å²) < 4.78 is 0. The van der Waals surface area contributed by atoms with E-state index in [1.165, 1.54) is 6.07 Å². The molecule has 0 saturated heterocycles. The summed E-state index contributed by atoms with van der Waals surface area (Å²) in [6.45, 7) is 0. The SMILES string of the molecule is NC(CC(=O)O)C(=O)O.O=Cc1ccccc1O. The molecule has 0 bridgehead atoms. The second-order valence-electron chi connectivity index (χ2n) is 3.22. The van der Waals surface area contributed by atoms with E-state index in [1.807, 2.05) is 0 Å². The molecule has 0 radical (unpaired) electrons. The Bertz CT molecular complexity index is 431. The molecule has 7 nitrogen and oxygen atoms in total. The van der Waals surface area contributed by atoms with Crippen molar-refractivity contribution in [3.05, 3.63) is 29.8 Å². The van der Waals surface area contributed by atoms with Crippen LogP contribution in [0, 0.1) is 0 Å². The molecule has 0 saturated carbocycles. The average Bonchev–Trinajstić information content (AvgIpc) is 2.29. The Hall–Kier alpha value is -2.41. The lowest BCUT2D eigenvalue weighted by atomic mass is 10.2. The highest BCUT2D eigenvalue weighted by molar-refractivity contribution is 5.80. The first-order chi connectivity index (χ1) is 8.38. The number of carboxylic acid groups (broad SMARTS) is 2. The molecule has 1 aromatic rings. The molecular weight excluding hydrogens is 242 g/mol. The molecule has 5 N–H and O–H groups in total. The molecule has 1 unspecified atom stereocenters. The normalized spacial score (nSPS) is 10.7. The molecule has 0 aliphatic carbocycles. The summed E-state index contributed by atoms with van der Waals surface area (Å²) in [6, 6.07) is 5.11. The van der Waals surface area contributed by atoms with E-state index in [1.54, 1.807) is 18.2 Å². The maximum Gasteiger partial charge on any atom is 0.321 e. The molecule has 18 heavy (non-hydrogen) atoms. The van der Waals surface area contributed by atoms with Gasteiger partial charge in [-0.3, -0.25) is 14.4 Å². The summed E-state index contributed by atoms with van der Waals surface area (Å²) in [5, 5.41) is 24.9. The molecule has 0 aromatic heterocycles. The van der Waals surface area contributed by atoms with Gasteiger partial charge in [0, 0.05) is 0 Å². The Morgan fingerprint density at radius 3 is 2.11 bits per heavy atom. The predicted octanol–water partition coefficient (Wildman–Crippen LogP) is 0.0777. The minimum atomic E-state index is -1.29. The fraction of sp³-hybridized carbons (Fsp3) is 0.182. The van der Waals surface area contributed by atoms with E-state index in [0.29, 0.717) is 11.8 Å². The first kappa shape index (κ1) is 15.6. The van der Waals surface area contributed by atoms with Gasteiger partial charge in [-0.2, -0.15) is 0 Å². The summed E-state index contributed by atoms with van der Waals surface area (Å²) in [4.78, 5) is 29.7. The number of rotatable bonds is 4. The van der Waals surface area contributed by atoms with Crippen molar-refractivity contribution >= 4 is 18.2 Å². The number of aldehydes is 1. The van der Waals surface area contributed by atoms with Crippen LogP contribution >= 0.6 is 0 Å². The van der Waals surface area contributed by atoms with Crippen LogP contribution < -0.4 is 5.73 Å². The van der Waals surface area contributed by atoms with Crippen LogP contribution in [0.4, 0.5) is 0 Å². The first-order valence-electron chi connectivity index (χ1n) is 4.81. The van der Waals surface area contributed by atoms with Gasteiger partial charge in [0.25, 0.3) is 0 Å². The molecule has 1 rings (SSSR count). The van der Waals surface area contributed by atoms with Crippen molar-refractivity contribution in [2.24, 2.45) is 5.73 Å². The second-order valence-corrected chi connectivity index (χ2v) is 3.22. The van der Waals surface area contributed by atoms with E-state index >= 15 is 0 Å². The highest BCUT2D eigenvalue weighted by Gasteiger charge is 2.14. The second kappa shape index (κ2) is 7.80. The summed E-state index contributed by atoms with van der Waals surface area (Å²) in [6.07, 6.45) is 0.0880. The first-order valence-corrected chi connectivity index (χ1v) is 4.81. The van der Waals surface area contributed by atoms with Gasteiger partial charge in [0.05, 0.1) is 12.0 Å². The van der Waals surface area contributed by atoms with Crippen LogP contribution in [-0.4, -0.2) is 39.6 Å². The Morgan fingerprint density at radius 1 is 1.28 bits per heavy atom. The molecule has 0 fully saturated rings. The number of aromatic hydroxyl groups is 1. The number of carbonyl (C=O) groups is 3. The standard InChI is InChI=1S/C7H6O2.C4H7NO4/c8-5-6-3-1-2-4-7(6)9;5-2(4(8)9)1-3(6)7/h1-5,9H;2H,1,5H2,(H,6,7)(H,8,9). The zero-order chi connectivity index (χ0) is 14.1. The fourth-order valence-electron chi connectivity index (χ4n) is 0.863. The third-order valence-electron chi connectivity index (χ3n) is 1.78. The number of nitrogens with two attached hydrogens (primary N) is 1. The average molecular weight is 255 g/mol. The van der Waals surface area contributed by atoms with E-state index in [9.17, 15) is 14.4 Å². The van der Waals surface area contributed by atoms with Crippen LogP contribution in [0.25, 0.3) is 0 Å². The summed E-state index contributed by atoms with van der Waals surface area (Å²) in [5.74, 6) is -2.46. The van der Waals surface area contributed by atoms with Crippen molar-refractivity contribution in [3.8, 4) is 5.75 Å². The van der Waals surface area contributed by atoms with Gasteiger partial charge in [0.15, 0.2) is 6.29 Å². The van der Waals surface area contributed by atoms with Gasteiger partial charge < -0.3 is 21.1 Å². The number of carbonyl (C=O) groups excluding carboxylic acids is 1. The lowest BCUT2D eigenvalue weighted by Crippen LogP contribution is -2.32. The largest absolute Gasteiger partial charge is 0.507 e. The molecule has 1 atom stereocenters. The topological polar surface area (TPSA) is 138 Å². The van der Waals surface area contributed by atoms with Crippen molar-refractivity contribution in [1.82, 2.24) is 0 Å². The van der Waals surface area contributed by atoms with E-state index in [0.717, 1.165) is 0 Å². The highest BCUT2D eigenvalue weighted by Crippen LogP contribution is 2.11. The molecule has 1 aromatic carbocycles. The van der Waals surface area contributed by atoms with Gasteiger partial charge in [0.2, 0.25) is 0 Å². The summed E-state index contributed by atoms with van der Waals surface area (Å²) >= 11 is 0. The number of carboxylic acids is 2. The molecule has 0 spiro atoms. The third-order valence-corrected chi connectivity index (χ3v) is 1.78. The minimum absolute atomic E-state index is 0.0347. The van der Waals surface area contributed by atoms with Gasteiger partial charge >= 0.3 is 11.9 Å². The third kappa shape index (κ3) is 6.23. The lowest BCUT2D eigenvalue weighted by molar-refractivity contribution is -0.144. The molecule has 0 aliphatic heterocycles. The van der Waals surface area contributed by atoms with Crippen LogP contribution in [0.5, 0.6) is 5.75 Å². The van der Waals surface area contributed by atoms with Crippen LogP contribution in [0.2, 0.25) is 0 Å². The van der Waals surface area contributed by atoms with Crippen molar-refractivity contribution in [3.63, 3.8) is 0 Å². The zero-order valence-electron chi connectivity index (χ0n) is 9.31. The van der Waals surface area contributed by atoms with Gasteiger partial charge in [-0.25, -0.2) is 0 Å². The van der Waals surface area contributed by atoms with Crippen molar-refractivity contribution in [2.45, 2.75) is 12.5 Å². The molecular formula is C11H13NO6. The van der Waals surface area contributed by atoms with Crippen LogP contribution in [0.1, 0.15) is 16.8 Å². The number of benzene rings is 1. The Kier molecular flexibility index (Phi) is 6.75. The van der Waals surface area contributed by atoms with Gasteiger partial charge in [0.1, 0.15) is 11.8 Å². The molecule has 7 heteroatoms. The monoisotopic (exact) mass is 255 g/mol. The lowest BCUT2D eigenvalue weighted by Gasteiger charge is -1.99.